The third-order valence-corrected chi connectivity index (χ3v) is 2.90. The lowest BCUT2D eigenvalue weighted by Crippen LogP contribution is -2.28. The normalized spacial score (nSPS) is 11.0. The molecule has 2 N–H and O–H groups in total. The summed E-state index contributed by atoms with van der Waals surface area (Å²) < 4.78 is 0. The molecular formula is C13H25N5. The maximum atomic E-state index is 4.20. The molecule has 0 fully saturated rings. The van der Waals surface area contributed by atoms with Crippen molar-refractivity contribution >= 4 is 11.6 Å². The molecule has 0 bridgehead atoms. The molecule has 5 heteroatoms. The summed E-state index contributed by atoms with van der Waals surface area (Å²) in [7, 11) is 2.15. The van der Waals surface area contributed by atoms with E-state index < -0.39 is 0 Å². The van der Waals surface area contributed by atoms with E-state index in [1.165, 1.54) is 0 Å². The summed E-state index contributed by atoms with van der Waals surface area (Å²) in [6.45, 7) is 9.36. The van der Waals surface area contributed by atoms with E-state index in [0.29, 0.717) is 6.04 Å². The molecule has 0 amide bonds. The van der Waals surface area contributed by atoms with Gasteiger partial charge in [-0.05, 0) is 40.8 Å². The Hall–Kier alpha value is -1.36. The van der Waals surface area contributed by atoms with Crippen LogP contribution in [0.15, 0.2) is 12.4 Å². The Labute approximate surface area is 110 Å². The fraction of sp³-hybridized carbons (Fsp3) is 0.692. The lowest BCUT2D eigenvalue weighted by Gasteiger charge is -2.20. The molecular weight excluding hydrogens is 226 g/mol. The molecule has 1 heterocycles. The van der Waals surface area contributed by atoms with Crippen molar-refractivity contribution in [2.45, 2.75) is 33.2 Å². The van der Waals surface area contributed by atoms with E-state index in [2.05, 4.69) is 53.3 Å². The first-order valence-electron chi connectivity index (χ1n) is 6.63. The molecule has 1 aromatic rings. The topological polar surface area (TPSA) is 53.1 Å². The SMILES string of the molecule is CCNc1cc(NCCCN(C)C(C)C)ncn1. The molecule has 1 rings (SSSR count). The zero-order chi connectivity index (χ0) is 13.4. The van der Waals surface area contributed by atoms with Crippen LogP contribution in [0.4, 0.5) is 11.6 Å². The number of nitrogens with one attached hydrogen (secondary N) is 2. The molecule has 0 aliphatic rings. The largest absolute Gasteiger partial charge is 0.370 e. The number of hydrogen-bond acceptors (Lipinski definition) is 5. The number of rotatable bonds is 8. The van der Waals surface area contributed by atoms with Gasteiger partial charge in [-0.3, -0.25) is 0 Å². The van der Waals surface area contributed by atoms with Crippen molar-refractivity contribution in [3.63, 3.8) is 0 Å². The first kappa shape index (κ1) is 14.7. The second-order valence-corrected chi connectivity index (χ2v) is 4.67. The van der Waals surface area contributed by atoms with E-state index in [4.69, 9.17) is 0 Å². The Morgan fingerprint density at radius 2 is 1.89 bits per heavy atom. The van der Waals surface area contributed by atoms with E-state index >= 15 is 0 Å². The van der Waals surface area contributed by atoms with Gasteiger partial charge in [0.1, 0.15) is 18.0 Å². The van der Waals surface area contributed by atoms with Crippen molar-refractivity contribution < 1.29 is 0 Å². The van der Waals surface area contributed by atoms with Crippen LogP contribution in [0.3, 0.4) is 0 Å². The fourth-order valence-corrected chi connectivity index (χ4v) is 1.53. The molecule has 0 aliphatic heterocycles. The van der Waals surface area contributed by atoms with Crippen LogP contribution in [0, 0.1) is 0 Å². The predicted octanol–water partition coefficient (Wildman–Crippen LogP) is 2.05. The molecule has 0 radical (unpaired) electrons. The van der Waals surface area contributed by atoms with Gasteiger partial charge in [0.15, 0.2) is 0 Å². The van der Waals surface area contributed by atoms with Crippen molar-refractivity contribution in [2.75, 3.05) is 37.3 Å². The molecule has 0 aliphatic carbocycles. The second-order valence-electron chi connectivity index (χ2n) is 4.67. The van der Waals surface area contributed by atoms with Gasteiger partial charge in [-0.25, -0.2) is 9.97 Å². The molecule has 18 heavy (non-hydrogen) atoms. The first-order valence-corrected chi connectivity index (χ1v) is 6.63. The number of hydrogen-bond donors (Lipinski definition) is 2. The summed E-state index contributed by atoms with van der Waals surface area (Å²) in [5.41, 5.74) is 0. The minimum Gasteiger partial charge on any atom is -0.370 e. The van der Waals surface area contributed by atoms with Crippen LogP contribution in [0.1, 0.15) is 27.2 Å². The maximum absolute atomic E-state index is 4.20. The number of anilines is 2. The van der Waals surface area contributed by atoms with Crippen molar-refractivity contribution in [1.29, 1.82) is 0 Å². The van der Waals surface area contributed by atoms with Gasteiger partial charge in [-0.2, -0.15) is 0 Å². The van der Waals surface area contributed by atoms with E-state index in [9.17, 15) is 0 Å². The smallest absolute Gasteiger partial charge is 0.131 e. The van der Waals surface area contributed by atoms with E-state index in [1.807, 2.05) is 6.07 Å². The van der Waals surface area contributed by atoms with Crippen molar-refractivity contribution in [2.24, 2.45) is 0 Å². The monoisotopic (exact) mass is 251 g/mol. The Balaban J connectivity index is 2.28. The van der Waals surface area contributed by atoms with E-state index in [1.54, 1.807) is 6.33 Å². The minimum atomic E-state index is 0.601. The average Bonchev–Trinajstić information content (AvgIpc) is 2.35. The zero-order valence-electron chi connectivity index (χ0n) is 11.9. The number of aromatic nitrogens is 2. The Kier molecular flexibility index (Phi) is 6.43. The second kappa shape index (κ2) is 7.87. The summed E-state index contributed by atoms with van der Waals surface area (Å²) in [5.74, 6) is 1.75. The van der Waals surface area contributed by atoms with Gasteiger partial charge in [-0.1, -0.05) is 0 Å². The average molecular weight is 251 g/mol. The van der Waals surface area contributed by atoms with Gasteiger partial charge in [-0.15, -0.1) is 0 Å². The number of nitrogens with zero attached hydrogens (tertiary/aromatic N) is 3. The predicted molar refractivity (Wildman–Crippen MR) is 77.1 cm³/mol. The highest BCUT2D eigenvalue weighted by molar-refractivity contribution is 5.46. The standard InChI is InChI=1S/C13H25N5/c1-5-14-12-9-13(17-10-16-12)15-7-6-8-18(4)11(2)3/h9-11H,5-8H2,1-4H3,(H2,14,15,16,17). The highest BCUT2D eigenvalue weighted by Gasteiger charge is 2.02. The van der Waals surface area contributed by atoms with Crippen molar-refractivity contribution in [3.8, 4) is 0 Å². The van der Waals surface area contributed by atoms with Crippen LogP contribution in [0.25, 0.3) is 0 Å². The van der Waals surface area contributed by atoms with Crippen LogP contribution in [0.5, 0.6) is 0 Å². The van der Waals surface area contributed by atoms with Crippen LogP contribution in [-0.4, -0.2) is 47.6 Å². The molecule has 5 nitrogen and oxygen atoms in total. The molecule has 0 aromatic carbocycles. The summed E-state index contributed by atoms with van der Waals surface area (Å²) in [4.78, 5) is 10.7. The lowest BCUT2D eigenvalue weighted by molar-refractivity contribution is 0.273. The lowest BCUT2D eigenvalue weighted by atomic mass is 10.3. The van der Waals surface area contributed by atoms with Gasteiger partial charge in [0.2, 0.25) is 0 Å². The van der Waals surface area contributed by atoms with Gasteiger partial charge in [0.05, 0.1) is 0 Å². The fourth-order valence-electron chi connectivity index (χ4n) is 1.53. The van der Waals surface area contributed by atoms with Crippen molar-refractivity contribution in [1.82, 2.24) is 14.9 Å². The molecule has 1 aromatic heterocycles. The highest BCUT2D eigenvalue weighted by Crippen LogP contribution is 2.08. The highest BCUT2D eigenvalue weighted by atomic mass is 15.1. The Morgan fingerprint density at radius 3 is 2.50 bits per heavy atom. The van der Waals surface area contributed by atoms with Crippen LogP contribution in [-0.2, 0) is 0 Å². The third-order valence-electron chi connectivity index (χ3n) is 2.90. The van der Waals surface area contributed by atoms with E-state index in [-0.39, 0.29) is 0 Å². The van der Waals surface area contributed by atoms with E-state index in [0.717, 1.165) is 37.7 Å². The minimum absolute atomic E-state index is 0.601. The molecule has 0 spiro atoms. The van der Waals surface area contributed by atoms with Gasteiger partial charge >= 0.3 is 0 Å². The quantitative estimate of drug-likeness (QED) is 0.693. The third kappa shape index (κ3) is 5.31. The maximum Gasteiger partial charge on any atom is 0.131 e. The molecule has 0 saturated carbocycles. The summed E-state index contributed by atoms with van der Waals surface area (Å²) in [6.07, 6.45) is 2.69. The summed E-state index contributed by atoms with van der Waals surface area (Å²) in [5, 5.41) is 6.49. The van der Waals surface area contributed by atoms with Crippen LogP contribution >= 0.6 is 0 Å². The Bertz CT molecular complexity index is 340. The molecule has 0 saturated heterocycles. The van der Waals surface area contributed by atoms with Gasteiger partial charge in [0.25, 0.3) is 0 Å². The van der Waals surface area contributed by atoms with Gasteiger partial charge < -0.3 is 15.5 Å². The zero-order valence-corrected chi connectivity index (χ0v) is 11.9. The van der Waals surface area contributed by atoms with Crippen LogP contribution < -0.4 is 10.6 Å². The first-order chi connectivity index (χ1) is 8.63. The van der Waals surface area contributed by atoms with Crippen molar-refractivity contribution in [3.05, 3.63) is 12.4 Å². The summed E-state index contributed by atoms with van der Waals surface area (Å²) >= 11 is 0. The molecule has 0 atom stereocenters. The van der Waals surface area contributed by atoms with Gasteiger partial charge in [0, 0.05) is 25.2 Å². The van der Waals surface area contributed by atoms with Crippen LogP contribution in [0.2, 0.25) is 0 Å². The summed E-state index contributed by atoms with van der Waals surface area (Å²) in [6, 6.07) is 2.54. The Morgan fingerprint density at radius 1 is 1.22 bits per heavy atom. The molecule has 0 unspecified atom stereocenters. The molecule has 102 valence electrons.